The minimum absolute atomic E-state index is 1.01. The van der Waals surface area contributed by atoms with Gasteiger partial charge < -0.3 is 20.6 Å². The minimum Gasteiger partial charge on any atom is -0.410 e. The third kappa shape index (κ3) is 5.79. The highest BCUT2D eigenvalue weighted by atomic mass is 28.5. The van der Waals surface area contributed by atoms with E-state index >= 15 is 0 Å². The van der Waals surface area contributed by atoms with E-state index in [1.807, 2.05) is 56.0 Å². The number of hydrogen-bond donors (Lipinski definition) is 0. The fraction of sp³-hybridized carbons (Fsp3) is 0.217. The van der Waals surface area contributed by atoms with Gasteiger partial charge in [0.05, 0.1) is 0 Å². The summed E-state index contributed by atoms with van der Waals surface area (Å²) < 4.78 is 34.3. The summed E-state index contributed by atoms with van der Waals surface area (Å²) in [6.45, 7) is 22.3. The molecule has 0 aliphatic carbocycles. The Kier molecular flexibility index (Phi) is 7.65. The lowest BCUT2D eigenvalue weighted by Gasteiger charge is -2.48. The third-order valence-electron chi connectivity index (χ3n) is 5.70. The largest absolute Gasteiger partial charge is 0.410 e. The van der Waals surface area contributed by atoms with Crippen molar-refractivity contribution < 1.29 is 20.6 Å². The summed E-state index contributed by atoms with van der Waals surface area (Å²) in [5.74, 6) is 0. The van der Waals surface area contributed by atoms with Gasteiger partial charge >= 0.3 is 42.8 Å². The van der Waals surface area contributed by atoms with Crippen molar-refractivity contribution in [3.63, 3.8) is 0 Å². The molecule has 3 rings (SSSR count). The first-order valence-electron chi connectivity index (χ1n) is 11.0. The van der Waals surface area contributed by atoms with Gasteiger partial charge in [-0.05, 0) is 43.1 Å². The molecule has 4 unspecified atom stereocenters. The summed E-state index contributed by atoms with van der Waals surface area (Å²) in [5.41, 5.74) is 5.40. The van der Waals surface area contributed by atoms with E-state index in [4.69, 9.17) is 20.6 Å². The zero-order chi connectivity index (χ0) is 24.4. The van der Waals surface area contributed by atoms with Crippen LogP contribution < -0.4 is 10.4 Å². The van der Waals surface area contributed by atoms with Gasteiger partial charge in [-0.1, -0.05) is 77.8 Å². The van der Waals surface area contributed by atoms with Crippen LogP contribution in [0.5, 0.6) is 0 Å². The predicted octanol–water partition coefficient (Wildman–Crippen LogP) is 4.43. The fourth-order valence-corrected chi connectivity index (χ4v) is 27.8. The summed E-state index contributed by atoms with van der Waals surface area (Å²) >= 11 is 0. The van der Waals surface area contributed by atoms with E-state index in [1.165, 1.54) is 0 Å². The molecule has 2 aromatic carbocycles. The highest BCUT2D eigenvalue weighted by Crippen LogP contribution is 2.32. The number of benzene rings is 2. The van der Waals surface area contributed by atoms with Crippen molar-refractivity contribution in [3.8, 4) is 0 Å². The summed E-state index contributed by atoms with van der Waals surface area (Å²) in [4.78, 5) is 0. The van der Waals surface area contributed by atoms with Crippen LogP contribution in [0.2, 0.25) is 32.7 Å². The number of hydrogen-bond acceptors (Lipinski definition) is 5. The van der Waals surface area contributed by atoms with Crippen LogP contribution in [0.3, 0.4) is 0 Å². The maximum absolute atomic E-state index is 7.11. The summed E-state index contributed by atoms with van der Waals surface area (Å²) in [6.07, 6.45) is 0. The van der Waals surface area contributed by atoms with Crippen molar-refractivity contribution in [1.82, 2.24) is 0 Å². The Morgan fingerprint density at radius 2 is 0.788 bits per heavy atom. The Morgan fingerprint density at radius 3 is 1.09 bits per heavy atom. The Hall–Kier alpha value is -1.46. The molecule has 0 amide bonds. The first kappa shape index (κ1) is 26.2. The van der Waals surface area contributed by atoms with Crippen LogP contribution in [0, 0.1) is 0 Å². The maximum Gasteiger partial charge on any atom is 0.352 e. The van der Waals surface area contributed by atoms with E-state index in [9.17, 15) is 0 Å². The van der Waals surface area contributed by atoms with Gasteiger partial charge in [0.25, 0.3) is 0 Å². The molecule has 1 aliphatic heterocycles. The molecule has 0 saturated carbocycles. The van der Waals surface area contributed by atoms with Crippen molar-refractivity contribution in [2.24, 2.45) is 0 Å². The lowest BCUT2D eigenvalue weighted by molar-refractivity contribution is 0.252. The minimum atomic E-state index is -3.05. The zero-order valence-corrected chi connectivity index (χ0v) is 25.2. The van der Waals surface area contributed by atoms with E-state index in [-0.39, 0.29) is 0 Å². The van der Waals surface area contributed by atoms with Gasteiger partial charge in [-0.15, -0.1) is 19.7 Å². The molecule has 0 N–H and O–H groups in total. The topological polar surface area (TPSA) is 46.2 Å². The molecule has 1 saturated heterocycles. The molecule has 0 bridgehead atoms. The molecule has 0 spiro atoms. The highest BCUT2D eigenvalue weighted by molar-refractivity contribution is 7.02. The fourth-order valence-electron chi connectivity index (χ4n) is 4.02. The first-order valence-corrected chi connectivity index (χ1v) is 22.8. The van der Waals surface area contributed by atoms with E-state index < -0.39 is 42.8 Å². The Balaban J connectivity index is 2.27. The quantitative estimate of drug-likeness (QED) is 0.535. The first-order chi connectivity index (χ1) is 15.4. The van der Waals surface area contributed by atoms with Crippen LogP contribution in [-0.4, -0.2) is 42.8 Å². The lowest BCUT2D eigenvalue weighted by atomic mass is 10.4. The van der Waals surface area contributed by atoms with Crippen LogP contribution in [0.4, 0.5) is 0 Å². The second kappa shape index (κ2) is 9.66. The van der Waals surface area contributed by atoms with Gasteiger partial charge in [0.15, 0.2) is 0 Å². The molecular formula is C23H34O5Si5. The van der Waals surface area contributed by atoms with Crippen LogP contribution in [0.1, 0.15) is 0 Å². The second-order valence-corrected chi connectivity index (χ2v) is 25.1. The SMILES string of the molecule is C=C[Si]1(C)O[Si](C)(C=C)O[Si](C)(c2ccccc2)O[Si](C)(c2ccccc2)O[Si](C)(C=C)O1. The van der Waals surface area contributed by atoms with Crippen molar-refractivity contribution in [2.75, 3.05) is 0 Å². The molecule has 4 atom stereocenters. The van der Waals surface area contributed by atoms with E-state index in [1.54, 1.807) is 17.1 Å². The van der Waals surface area contributed by atoms with E-state index in [0.29, 0.717) is 0 Å². The van der Waals surface area contributed by atoms with Crippen molar-refractivity contribution in [3.05, 3.63) is 97.5 Å². The molecule has 176 valence electrons. The molecule has 0 aromatic heterocycles. The van der Waals surface area contributed by atoms with Gasteiger partial charge in [0, 0.05) is 0 Å². The molecule has 1 aliphatic rings. The molecule has 1 heterocycles. The Morgan fingerprint density at radius 1 is 0.485 bits per heavy atom. The van der Waals surface area contributed by atoms with Gasteiger partial charge in [0.2, 0.25) is 0 Å². The molecule has 5 nitrogen and oxygen atoms in total. The van der Waals surface area contributed by atoms with Gasteiger partial charge in [-0.25, -0.2) is 0 Å². The van der Waals surface area contributed by atoms with Gasteiger partial charge in [-0.3, -0.25) is 0 Å². The Labute approximate surface area is 203 Å². The maximum atomic E-state index is 7.11. The van der Waals surface area contributed by atoms with Crippen LogP contribution >= 0.6 is 0 Å². The van der Waals surface area contributed by atoms with Crippen LogP contribution in [-0.2, 0) is 20.6 Å². The third-order valence-corrected chi connectivity index (χ3v) is 26.7. The van der Waals surface area contributed by atoms with Gasteiger partial charge in [0.1, 0.15) is 0 Å². The second-order valence-electron chi connectivity index (χ2n) is 8.79. The normalized spacial score (nSPS) is 37.6. The van der Waals surface area contributed by atoms with Crippen molar-refractivity contribution in [2.45, 2.75) is 32.7 Å². The molecule has 0 radical (unpaired) electrons. The van der Waals surface area contributed by atoms with Crippen molar-refractivity contribution in [1.29, 1.82) is 0 Å². The lowest BCUT2D eigenvalue weighted by Crippen LogP contribution is -2.72. The van der Waals surface area contributed by atoms with E-state index in [0.717, 1.165) is 10.4 Å². The smallest absolute Gasteiger partial charge is 0.352 e. The molecular weight excluding hydrogens is 497 g/mol. The summed E-state index contributed by atoms with van der Waals surface area (Å²) in [7, 11) is -14.9. The average molecular weight is 531 g/mol. The predicted molar refractivity (Wildman–Crippen MR) is 146 cm³/mol. The Bertz CT molecular complexity index is 935. The van der Waals surface area contributed by atoms with Crippen LogP contribution in [0.15, 0.2) is 97.5 Å². The number of rotatable bonds is 5. The van der Waals surface area contributed by atoms with Crippen molar-refractivity contribution >= 4 is 53.2 Å². The van der Waals surface area contributed by atoms with Gasteiger partial charge in [-0.2, -0.15) is 0 Å². The molecule has 2 aromatic rings. The van der Waals surface area contributed by atoms with Crippen LogP contribution in [0.25, 0.3) is 0 Å². The molecule has 10 heteroatoms. The average Bonchev–Trinajstić information content (AvgIpc) is 2.79. The summed E-state index contributed by atoms with van der Waals surface area (Å²) in [5, 5.41) is 2.02. The monoisotopic (exact) mass is 530 g/mol. The standard InChI is InChI=1S/C23H34O5Si5/c1-9-29(4)24-30(5,10-2)26-32(7,22-18-14-12-15-19-22)28-33(8,23-20-16-13-17-21-23)27-31(6,11-3)25-29/h9-21H,1-3H2,4-8H3. The molecule has 1 fully saturated rings. The van der Waals surface area contributed by atoms with E-state index in [2.05, 4.69) is 57.1 Å². The summed E-state index contributed by atoms with van der Waals surface area (Å²) in [6, 6.07) is 20.2. The zero-order valence-electron chi connectivity index (χ0n) is 20.2. The molecule has 33 heavy (non-hydrogen) atoms. The highest BCUT2D eigenvalue weighted by Gasteiger charge is 2.56.